The van der Waals surface area contributed by atoms with Gasteiger partial charge in [-0.2, -0.15) is 0 Å². The Morgan fingerprint density at radius 1 is 0.977 bits per heavy atom. The first-order valence-corrected chi connectivity index (χ1v) is 15.1. The van der Waals surface area contributed by atoms with Gasteiger partial charge in [0.2, 0.25) is 12.1 Å². The molecule has 2 aromatic carbocycles. The number of hydrogen-bond donors (Lipinski definition) is 2. The summed E-state index contributed by atoms with van der Waals surface area (Å²) in [5.74, 6) is -0.0490. The minimum absolute atomic E-state index is 0.0746. The van der Waals surface area contributed by atoms with Crippen LogP contribution in [-0.4, -0.2) is 78.3 Å². The molecule has 3 aromatic rings. The van der Waals surface area contributed by atoms with Crippen molar-refractivity contribution in [2.75, 3.05) is 61.6 Å². The standard InChI is InChI=1S/C33H42N10O/c1-5-42(21-19-40-17-15-38(3)24-40)28-11-7-26(8-12-28)35-30-23-31(44)32(34)37-33(30)36-27-9-13-29(14-10-27)43(6-2)22-20-41-18-16-39(4)25-41/h7-18,23,25H,5-6,19-22,24H2,1-4H3,(H2-,34,35,36,37,44)/p+1. The number of hydrogen-bond acceptors (Lipinski definition) is 8. The Morgan fingerprint density at radius 2 is 1.64 bits per heavy atom. The zero-order chi connectivity index (χ0) is 31.1. The minimum atomic E-state index is -0.341. The Bertz CT molecular complexity index is 1550. The fourth-order valence-electron chi connectivity index (χ4n) is 5.24. The third-order valence-electron chi connectivity index (χ3n) is 7.77. The Labute approximate surface area is 259 Å². The first kappa shape index (κ1) is 30.4. The Balaban J connectivity index is 1.25. The molecule has 11 heteroatoms. The number of nitrogens with two attached hydrogens (primary N) is 1. The van der Waals surface area contributed by atoms with Gasteiger partial charge >= 0.3 is 0 Å². The predicted molar refractivity (Wildman–Crippen MR) is 178 cm³/mol. The van der Waals surface area contributed by atoms with E-state index >= 15 is 0 Å². The lowest BCUT2D eigenvalue weighted by atomic mass is 10.2. The van der Waals surface area contributed by atoms with Gasteiger partial charge in [0.15, 0.2) is 11.7 Å². The molecular weight excluding hydrogens is 552 g/mol. The Kier molecular flexibility index (Phi) is 9.63. The molecule has 1 aromatic heterocycles. The highest BCUT2D eigenvalue weighted by Crippen LogP contribution is 2.24. The van der Waals surface area contributed by atoms with E-state index in [1.54, 1.807) is 0 Å². The number of anilines is 3. The molecule has 0 saturated heterocycles. The minimum Gasteiger partial charge on any atom is -0.380 e. The van der Waals surface area contributed by atoms with Gasteiger partial charge in [0.25, 0.3) is 0 Å². The van der Waals surface area contributed by atoms with Crippen molar-refractivity contribution in [1.82, 2.24) is 14.4 Å². The van der Waals surface area contributed by atoms with Gasteiger partial charge in [-0.05, 0) is 62.4 Å². The number of carbonyl (C=O) groups is 1. The molecule has 230 valence electrons. The number of aryl methyl sites for hydroxylation is 1. The number of amidine groups is 2. The zero-order valence-electron chi connectivity index (χ0n) is 26.1. The molecular formula is C33H43N10O+. The van der Waals surface area contributed by atoms with Gasteiger partial charge < -0.3 is 30.7 Å². The number of aromatic nitrogens is 2. The summed E-state index contributed by atoms with van der Waals surface area (Å²) in [6.45, 7) is 10.7. The summed E-state index contributed by atoms with van der Waals surface area (Å²) in [6, 6.07) is 16.2. The average Bonchev–Trinajstić information content (AvgIpc) is 3.64. The predicted octanol–water partition coefficient (Wildman–Crippen LogP) is 3.31. The Morgan fingerprint density at radius 3 is 2.23 bits per heavy atom. The van der Waals surface area contributed by atoms with Crippen molar-refractivity contribution in [3.05, 3.63) is 91.4 Å². The van der Waals surface area contributed by atoms with Crippen molar-refractivity contribution < 1.29 is 9.36 Å². The summed E-state index contributed by atoms with van der Waals surface area (Å²) in [4.78, 5) is 30.7. The molecule has 5 rings (SSSR count). The molecule has 0 radical (unpaired) electrons. The number of aliphatic imine (C=N–C) groups is 2. The molecule has 0 saturated carbocycles. The van der Waals surface area contributed by atoms with Gasteiger partial charge in [-0.1, -0.05) is 0 Å². The van der Waals surface area contributed by atoms with Crippen molar-refractivity contribution in [2.24, 2.45) is 22.8 Å². The summed E-state index contributed by atoms with van der Waals surface area (Å²) in [5, 5.41) is 3.33. The quantitative estimate of drug-likeness (QED) is 0.293. The van der Waals surface area contributed by atoms with Gasteiger partial charge in [-0.3, -0.25) is 4.79 Å². The average molecular weight is 596 g/mol. The van der Waals surface area contributed by atoms with E-state index in [0.29, 0.717) is 11.5 Å². The van der Waals surface area contributed by atoms with Crippen LogP contribution < -0.4 is 25.4 Å². The van der Waals surface area contributed by atoms with Gasteiger partial charge in [0.1, 0.15) is 18.9 Å². The SMILES string of the molecule is CCN(CCN1C=CN(C)C1)c1ccc(NC2=CC(=O)C(N)=NC2=Nc2ccc(N(CC)CCn3cc[n+](C)c3)cc2)cc1. The van der Waals surface area contributed by atoms with Crippen LogP contribution in [0, 0.1) is 0 Å². The number of benzene rings is 2. The molecule has 3 N–H and O–H groups in total. The van der Waals surface area contributed by atoms with Gasteiger partial charge in [-0.15, -0.1) is 0 Å². The molecule has 0 aliphatic carbocycles. The second-order valence-corrected chi connectivity index (χ2v) is 11.0. The van der Waals surface area contributed by atoms with E-state index in [2.05, 4.69) is 105 Å². The highest BCUT2D eigenvalue weighted by Gasteiger charge is 2.19. The van der Waals surface area contributed by atoms with Crippen molar-refractivity contribution in [3.63, 3.8) is 0 Å². The summed E-state index contributed by atoms with van der Waals surface area (Å²) >= 11 is 0. The molecule has 0 fully saturated rings. The number of carbonyl (C=O) groups excluding carboxylic acids is 1. The highest BCUT2D eigenvalue weighted by atomic mass is 16.1. The Hall–Kier alpha value is -5.06. The second-order valence-electron chi connectivity index (χ2n) is 11.0. The van der Waals surface area contributed by atoms with Crippen molar-refractivity contribution >= 4 is 40.2 Å². The first-order valence-electron chi connectivity index (χ1n) is 15.1. The molecule has 11 nitrogen and oxygen atoms in total. The third-order valence-corrected chi connectivity index (χ3v) is 7.77. The van der Waals surface area contributed by atoms with Crippen LogP contribution >= 0.6 is 0 Å². The van der Waals surface area contributed by atoms with Crippen LogP contribution in [0.3, 0.4) is 0 Å². The maximum Gasteiger partial charge on any atom is 0.243 e. The van der Waals surface area contributed by atoms with Crippen LogP contribution in [0.5, 0.6) is 0 Å². The number of nitrogens with zero attached hydrogens (tertiary/aromatic N) is 8. The molecule has 0 spiro atoms. The maximum atomic E-state index is 12.4. The van der Waals surface area contributed by atoms with E-state index in [9.17, 15) is 4.79 Å². The van der Waals surface area contributed by atoms with Crippen molar-refractivity contribution in [1.29, 1.82) is 0 Å². The van der Waals surface area contributed by atoms with Crippen LogP contribution in [0.4, 0.5) is 22.7 Å². The van der Waals surface area contributed by atoms with Gasteiger partial charge in [0, 0.05) is 68.8 Å². The van der Waals surface area contributed by atoms with Gasteiger partial charge in [0.05, 0.1) is 31.6 Å². The first-order chi connectivity index (χ1) is 21.3. The molecule has 0 amide bonds. The van der Waals surface area contributed by atoms with Crippen LogP contribution in [0.15, 0.2) is 101 Å². The number of dihydropyridines is 1. The fraction of sp³-hybridized carbons (Fsp3) is 0.333. The zero-order valence-corrected chi connectivity index (χ0v) is 26.1. The van der Waals surface area contributed by atoms with Crippen LogP contribution in [0.25, 0.3) is 0 Å². The number of likely N-dealkylation sites (N-methyl/N-ethyl adjacent to an activating group) is 2. The fourth-order valence-corrected chi connectivity index (χ4v) is 5.24. The molecule has 44 heavy (non-hydrogen) atoms. The molecule has 0 unspecified atom stereocenters. The second kappa shape index (κ2) is 13.9. The van der Waals surface area contributed by atoms with Crippen LogP contribution in [0.1, 0.15) is 13.8 Å². The summed E-state index contributed by atoms with van der Waals surface area (Å²) in [6.07, 6.45) is 11.9. The molecule has 2 aliphatic rings. The third kappa shape index (κ3) is 7.66. The van der Waals surface area contributed by atoms with E-state index in [1.807, 2.05) is 42.1 Å². The summed E-state index contributed by atoms with van der Waals surface area (Å²) in [5.41, 5.74) is 10.2. The van der Waals surface area contributed by atoms with E-state index in [1.165, 1.54) is 6.08 Å². The van der Waals surface area contributed by atoms with E-state index in [0.717, 1.165) is 68.7 Å². The number of ketones is 1. The van der Waals surface area contributed by atoms with Crippen LogP contribution in [-0.2, 0) is 18.4 Å². The molecule has 2 aliphatic heterocycles. The lowest BCUT2D eigenvalue weighted by Crippen LogP contribution is -2.33. The molecule has 0 bridgehead atoms. The van der Waals surface area contributed by atoms with Gasteiger partial charge in [-0.25, -0.2) is 19.1 Å². The monoisotopic (exact) mass is 595 g/mol. The molecule has 0 atom stereocenters. The lowest BCUT2D eigenvalue weighted by molar-refractivity contribution is -0.671. The van der Waals surface area contributed by atoms with E-state index in [-0.39, 0.29) is 11.6 Å². The maximum absolute atomic E-state index is 12.4. The smallest absolute Gasteiger partial charge is 0.243 e. The normalized spacial score (nSPS) is 15.5. The van der Waals surface area contributed by atoms with Crippen LogP contribution in [0.2, 0.25) is 0 Å². The number of rotatable bonds is 13. The van der Waals surface area contributed by atoms with E-state index < -0.39 is 0 Å². The lowest BCUT2D eigenvalue weighted by Gasteiger charge is -2.27. The van der Waals surface area contributed by atoms with Crippen molar-refractivity contribution in [3.8, 4) is 0 Å². The highest BCUT2D eigenvalue weighted by molar-refractivity contribution is 6.47. The summed E-state index contributed by atoms with van der Waals surface area (Å²) in [7, 11) is 4.10. The van der Waals surface area contributed by atoms with Crippen molar-refractivity contribution in [2.45, 2.75) is 20.4 Å². The topological polar surface area (TPSA) is 102 Å². The molecule has 3 heterocycles. The number of nitrogens with one attached hydrogen (secondary N) is 1. The summed E-state index contributed by atoms with van der Waals surface area (Å²) < 4.78 is 4.22. The van der Waals surface area contributed by atoms with E-state index in [4.69, 9.17) is 10.7 Å². The number of imidazole rings is 1. The largest absolute Gasteiger partial charge is 0.380 e.